The first-order valence-corrected chi connectivity index (χ1v) is 10.4. The minimum Gasteiger partial charge on any atom is -0.548 e. The van der Waals surface area contributed by atoms with Crippen molar-refractivity contribution < 1.29 is 9.90 Å². The van der Waals surface area contributed by atoms with Gasteiger partial charge in [0.05, 0.1) is 12.0 Å². The second kappa shape index (κ2) is 8.24. The number of carbonyl (C=O) groups excluding carboxylic acids is 1. The van der Waals surface area contributed by atoms with E-state index in [9.17, 15) is 9.90 Å². The van der Waals surface area contributed by atoms with Crippen LogP contribution in [0.2, 0.25) is 0 Å². The number of rotatable bonds is 5. The number of benzene rings is 2. The Morgan fingerprint density at radius 2 is 2.10 bits per heavy atom. The molecule has 4 rings (SSSR count). The second-order valence-electron chi connectivity index (χ2n) is 8.13. The molecule has 0 aromatic heterocycles. The zero-order chi connectivity index (χ0) is 20.4. The highest BCUT2D eigenvalue weighted by atomic mass is 16.4. The molecule has 2 aliphatic rings. The summed E-state index contributed by atoms with van der Waals surface area (Å²) in [5.41, 5.74) is 8.23. The number of aryl methyl sites for hydroxylation is 1. The number of nitrogens with zero attached hydrogens (tertiary/aromatic N) is 1. The molecule has 0 aliphatic carbocycles. The van der Waals surface area contributed by atoms with Gasteiger partial charge in [-0.05, 0) is 79.8 Å². The van der Waals surface area contributed by atoms with Crippen molar-refractivity contribution in [2.75, 3.05) is 5.32 Å². The summed E-state index contributed by atoms with van der Waals surface area (Å²) in [6.45, 7) is 4.34. The highest BCUT2D eigenvalue weighted by molar-refractivity contribution is 5.79. The molecular formula is C25H27N2O2-. The Bertz CT molecular complexity index is 990. The zero-order valence-corrected chi connectivity index (χ0v) is 17.1. The van der Waals surface area contributed by atoms with Gasteiger partial charge >= 0.3 is 0 Å². The van der Waals surface area contributed by atoms with Crippen molar-refractivity contribution >= 4 is 17.9 Å². The summed E-state index contributed by atoms with van der Waals surface area (Å²) >= 11 is 0. The molecule has 2 atom stereocenters. The summed E-state index contributed by atoms with van der Waals surface area (Å²) in [4.78, 5) is 16.0. The van der Waals surface area contributed by atoms with Gasteiger partial charge < -0.3 is 15.2 Å². The quantitative estimate of drug-likeness (QED) is 0.847. The molecule has 0 spiro atoms. The number of anilines is 1. The van der Waals surface area contributed by atoms with Crippen molar-refractivity contribution in [1.82, 2.24) is 0 Å². The number of hydrogen-bond donors (Lipinski definition) is 1. The van der Waals surface area contributed by atoms with Crippen LogP contribution in [0.1, 0.15) is 53.0 Å². The summed E-state index contributed by atoms with van der Waals surface area (Å²) in [5.74, 6) is -0.859. The number of hydrogen-bond acceptors (Lipinski definition) is 4. The van der Waals surface area contributed by atoms with E-state index in [0.717, 1.165) is 42.6 Å². The molecule has 0 radical (unpaired) electrons. The molecule has 2 aromatic rings. The molecule has 29 heavy (non-hydrogen) atoms. The monoisotopic (exact) mass is 387 g/mol. The lowest BCUT2D eigenvalue weighted by molar-refractivity contribution is -0.306. The van der Waals surface area contributed by atoms with E-state index in [-0.39, 0.29) is 5.92 Å². The Morgan fingerprint density at radius 3 is 2.93 bits per heavy atom. The van der Waals surface area contributed by atoms with E-state index in [1.165, 1.54) is 22.3 Å². The highest BCUT2D eigenvalue weighted by Gasteiger charge is 2.24. The smallest absolute Gasteiger partial charge is 0.0699 e. The Kier molecular flexibility index (Phi) is 5.52. The SMILES string of the molecule is Cc1cccc(C(Cc2ccc3c(c2)CC(C(=O)[O-])N3)C2=CCCCC=N2)c1C. The van der Waals surface area contributed by atoms with Crippen LogP contribution in [-0.2, 0) is 17.6 Å². The van der Waals surface area contributed by atoms with Crippen molar-refractivity contribution in [1.29, 1.82) is 0 Å². The second-order valence-corrected chi connectivity index (χ2v) is 8.13. The van der Waals surface area contributed by atoms with Crippen LogP contribution in [0.3, 0.4) is 0 Å². The number of aliphatic imine (C=N–C) groups is 1. The van der Waals surface area contributed by atoms with E-state index in [4.69, 9.17) is 4.99 Å². The summed E-state index contributed by atoms with van der Waals surface area (Å²) in [7, 11) is 0. The van der Waals surface area contributed by atoms with Gasteiger partial charge in [0, 0.05) is 23.5 Å². The van der Waals surface area contributed by atoms with Crippen LogP contribution in [0.15, 0.2) is 53.2 Å². The first-order valence-electron chi connectivity index (χ1n) is 10.4. The Balaban J connectivity index is 1.68. The normalized spacial score (nSPS) is 19.1. The van der Waals surface area contributed by atoms with Gasteiger partial charge in [-0.3, -0.25) is 4.99 Å². The van der Waals surface area contributed by atoms with Gasteiger partial charge in [-0.1, -0.05) is 36.4 Å². The van der Waals surface area contributed by atoms with Crippen molar-refractivity contribution in [2.24, 2.45) is 4.99 Å². The molecule has 0 bridgehead atoms. The maximum Gasteiger partial charge on any atom is 0.0699 e. The van der Waals surface area contributed by atoms with Gasteiger partial charge in [0.1, 0.15) is 0 Å². The molecule has 2 aromatic carbocycles. The fourth-order valence-corrected chi connectivity index (χ4v) is 4.36. The summed E-state index contributed by atoms with van der Waals surface area (Å²) in [6, 6.07) is 12.1. The van der Waals surface area contributed by atoms with Crippen molar-refractivity contribution in [3.63, 3.8) is 0 Å². The van der Waals surface area contributed by atoms with Crippen molar-refractivity contribution in [3.8, 4) is 0 Å². The van der Waals surface area contributed by atoms with E-state index in [1.54, 1.807) is 0 Å². The Hall–Kier alpha value is -2.88. The number of carbonyl (C=O) groups is 1. The van der Waals surface area contributed by atoms with Crippen LogP contribution in [0.4, 0.5) is 5.69 Å². The summed E-state index contributed by atoms with van der Waals surface area (Å²) in [5, 5.41) is 14.3. The average molecular weight is 388 g/mol. The lowest BCUT2D eigenvalue weighted by Crippen LogP contribution is -2.39. The van der Waals surface area contributed by atoms with Gasteiger partial charge in [0.25, 0.3) is 0 Å². The largest absolute Gasteiger partial charge is 0.548 e. The fraction of sp³-hybridized carbons (Fsp3) is 0.360. The summed E-state index contributed by atoms with van der Waals surface area (Å²) in [6.07, 6.45) is 8.87. The predicted octanol–water partition coefficient (Wildman–Crippen LogP) is 3.85. The van der Waals surface area contributed by atoms with Gasteiger partial charge in [0.15, 0.2) is 0 Å². The minimum absolute atomic E-state index is 0.189. The third-order valence-corrected chi connectivity index (χ3v) is 6.16. The number of carboxylic acid groups (broad SMARTS) is 1. The zero-order valence-electron chi connectivity index (χ0n) is 17.1. The number of carboxylic acids is 1. The van der Waals surface area contributed by atoms with Crippen LogP contribution in [0, 0.1) is 13.8 Å². The van der Waals surface area contributed by atoms with Crippen LogP contribution in [0.25, 0.3) is 0 Å². The van der Waals surface area contributed by atoms with Gasteiger partial charge in [-0.25, -0.2) is 0 Å². The minimum atomic E-state index is -1.05. The predicted molar refractivity (Wildman–Crippen MR) is 115 cm³/mol. The number of allylic oxidation sites excluding steroid dienone is 2. The van der Waals surface area contributed by atoms with Crippen LogP contribution >= 0.6 is 0 Å². The topological polar surface area (TPSA) is 64.5 Å². The lowest BCUT2D eigenvalue weighted by Gasteiger charge is -2.22. The number of nitrogens with one attached hydrogen (secondary N) is 1. The molecule has 0 saturated heterocycles. The molecular weight excluding hydrogens is 360 g/mol. The van der Waals surface area contributed by atoms with Gasteiger partial charge in [-0.2, -0.15) is 0 Å². The summed E-state index contributed by atoms with van der Waals surface area (Å²) < 4.78 is 0. The van der Waals surface area contributed by atoms with Crippen molar-refractivity contribution in [3.05, 3.63) is 76.0 Å². The molecule has 0 fully saturated rings. The first kappa shape index (κ1) is 19.4. The van der Waals surface area contributed by atoms with Gasteiger partial charge in [-0.15, -0.1) is 0 Å². The van der Waals surface area contributed by atoms with Crippen LogP contribution in [-0.4, -0.2) is 18.2 Å². The van der Waals surface area contributed by atoms with Crippen LogP contribution in [0.5, 0.6) is 0 Å². The van der Waals surface area contributed by atoms with E-state index in [0.29, 0.717) is 6.42 Å². The van der Waals surface area contributed by atoms with E-state index in [1.807, 2.05) is 12.3 Å². The molecule has 2 heterocycles. The van der Waals surface area contributed by atoms with Gasteiger partial charge in [0.2, 0.25) is 0 Å². The molecule has 0 amide bonds. The maximum absolute atomic E-state index is 11.2. The molecule has 1 N–H and O–H groups in total. The average Bonchev–Trinajstić information content (AvgIpc) is 2.95. The molecule has 4 heteroatoms. The first-order chi connectivity index (χ1) is 14.0. The number of aliphatic carboxylic acids is 1. The molecule has 150 valence electrons. The molecule has 2 unspecified atom stereocenters. The molecule has 4 nitrogen and oxygen atoms in total. The Labute approximate surface area is 172 Å². The fourth-order valence-electron chi connectivity index (χ4n) is 4.36. The van der Waals surface area contributed by atoms with E-state index >= 15 is 0 Å². The standard InChI is InChI=1S/C25H28N2O2/c1-16-7-6-8-20(17(16)2)21(23-9-4-3-5-12-26-23)14-18-10-11-22-19(13-18)15-24(27-22)25(28)29/h6-13,21,24,27H,3-5,14-15H2,1-2H3,(H,28,29)/p-1. The third-order valence-electron chi connectivity index (χ3n) is 6.16. The Morgan fingerprint density at radius 1 is 1.24 bits per heavy atom. The van der Waals surface area contributed by atoms with Crippen LogP contribution < -0.4 is 10.4 Å². The lowest BCUT2D eigenvalue weighted by atomic mass is 9.84. The highest BCUT2D eigenvalue weighted by Crippen LogP contribution is 2.35. The number of fused-ring (bicyclic) bond motifs is 1. The molecule has 2 aliphatic heterocycles. The van der Waals surface area contributed by atoms with Crippen molar-refractivity contribution in [2.45, 2.75) is 57.9 Å². The molecule has 0 saturated carbocycles. The van der Waals surface area contributed by atoms with E-state index in [2.05, 4.69) is 55.6 Å². The maximum atomic E-state index is 11.2. The third kappa shape index (κ3) is 4.12. The van der Waals surface area contributed by atoms with E-state index < -0.39 is 12.0 Å².